The highest BCUT2D eigenvalue weighted by atomic mass is 16.3. The van der Waals surface area contributed by atoms with E-state index in [-0.39, 0.29) is 57.2 Å². The minimum atomic E-state index is -1.63. The Hall–Kier alpha value is -10.1. The van der Waals surface area contributed by atoms with Gasteiger partial charge in [-0.25, -0.2) is 9.59 Å². The molecule has 0 saturated carbocycles. The number of aliphatic hydroxyl groups excluding tert-OH is 1. The van der Waals surface area contributed by atoms with Crippen LogP contribution in [-0.4, -0.2) is 231 Å². The topological polar surface area (TPSA) is 737 Å². The van der Waals surface area contributed by atoms with E-state index in [2.05, 4.69) is 89.7 Å². The first kappa shape index (κ1) is 77.2. The van der Waals surface area contributed by atoms with Crippen molar-refractivity contribution in [2.24, 2.45) is 67.3 Å². The van der Waals surface area contributed by atoms with Crippen LogP contribution in [0.5, 0.6) is 0 Å². The van der Waals surface area contributed by atoms with Gasteiger partial charge in [-0.1, -0.05) is 0 Å². The number of aliphatic imine (C=N–C) groups is 2. The summed E-state index contributed by atoms with van der Waals surface area (Å²) in [6.45, 7) is -0.284. The van der Waals surface area contributed by atoms with Gasteiger partial charge in [-0.3, -0.25) is 67.5 Å². The van der Waals surface area contributed by atoms with Crippen LogP contribution in [0.25, 0.3) is 0 Å². The molecule has 2 saturated heterocycles. The molecule has 93 heavy (non-hydrogen) atoms. The number of primary amides is 2. The van der Waals surface area contributed by atoms with Gasteiger partial charge in [-0.05, 0) is 58.5 Å². The van der Waals surface area contributed by atoms with Crippen LogP contribution in [-0.2, 0) is 57.5 Å². The molecule has 0 aliphatic carbocycles. The molecule has 12 atom stereocenters. The maximum Gasteiger partial charge on any atom is 0.316 e. The first-order valence-electron chi connectivity index (χ1n) is 29.2. The van der Waals surface area contributed by atoms with E-state index >= 15 is 0 Å². The van der Waals surface area contributed by atoms with E-state index in [0.717, 1.165) is 12.4 Å². The van der Waals surface area contributed by atoms with E-state index in [9.17, 15) is 72.2 Å². The largest absolute Gasteiger partial charge is 0.394 e. The lowest BCUT2D eigenvalue weighted by atomic mass is 10.0. The number of rotatable bonds is 19. The molecule has 0 aromatic carbocycles. The van der Waals surface area contributed by atoms with Crippen LogP contribution >= 0.6 is 0 Å². The summed E-state index contributed by atoms with van der Waals surface area (Å²) in [6.07, 6.45) is 3.86. The van der Waals surface area contributed by atoms with E-state index in [1.807, 2.05) is 5.32 Å². The number of carbonyl (C=O) groups is 14. The number of nitrogens with two attached hydrogens (primary N) is 10. The highest BCUT2D eigenvalue weighted by Gasteiger charge is 2.38. The van der Waals surface area contributed by atoms with Crippen molar-refractivity contribution in [2.45, 2.75) is 131 Å². The van der Waals surface area contributed by atoms with Gasteiger partial charge < -0.3 is 148 Å². The van der Waals surface area contributed by atoms with Gasteiger partial charge in [0.1, 0.15) is 59.7 Å². The number of amides is 16. The number of hydrogen-bond acceptors (Lipinski definition) is 27. The smallest absolute Gasteiger partial charge is 0.316 e. The summed E-state index contributed by atoms with van der Waals surface area (Å²) in [4.78, 5) is 188. The number of hydrogen-bond donors (Lipinski definition) is 27. The van der Waals surface area contributed by atoms with Gasteiger partial charge in [0.2, 0.25) is 59.1 Å². The Morgan fingerprint density at radius 1 is 0.548 bits per heavy atom. The number of nitrogens with zero attached hydrogens (tertiary/aromatic N) is 2. The van der Waals surface area contributed by atoms with Crippen LogP contribution in [0.4, 0.5) is 9.59 Å². The first-order valence-corrected chi connectivity index (χ1v) is 29.2. The van der Waals surface area contributed by atoms with Gasteiger partial charge in [0, 0.05) is 76.6 Å². The minimum absolute atomic E-state index is 0.0101. The second-order valence-corrected chi connectivity index (χ2v) is 21.3. The van der Waals surface area contributed by atoms with Crippen molar-refractivity contribution in [1.82, 2.24) is 85.1 Å². The predicted molar refractivity (Wildman–Crippen MR) is 328 cm³/mol. The van der Waals surface area contributed by atoms with Crippen LogP contribution in [0, 0.1) is 0 Å². The van der Waals surface area contributed by atoms with Crippen LogP contribution in [0.1, 0.15) is 58.3 Å². The molecule has 0 spiro atoms. The maximum absolute atomic E-state index is 13.5. The second-order valence-electron chi connectivity index (χ2n) is 21.3. The van der Waals surface area contributed by atoms with Crippen molar-refractivity contribution < 1.29 is 72.2 Å². The van der Waals surface area contributed by atoms with Gasteiger partial charge in [0.05, 0.1) is 18.7 Å². The summed E-state index contributed by atoms with van der Waals surface area (Å²) in [6, 6.07) is -16.3. The number of guanidine groups is 2. The molecule has 0 aromatic heterocycles. The van der Waals surface area contributed by atoms with E-state index in [4.69, 9.17) is 57.3 Å². The normalized spacial score (nSPS) is 26.5. The second kappa shape index (κ2) is 39.2. The lowest BCUT2D eigenvalue weighted by molar-refractivity contribution is -0.134. The van der Waals surface area contributed by atoms with Gasteiger partial charge in [-0.15, -0.1) is 0 Å². The summed E-state index contributed by atoms with van der Waals surface area (Å²) in [5, 5.41) is 48.1. The molecule has 37 N–H and O–H groups in total. The molecule has 43 nitrogen and oxygen atoms in total. The Balaban J connectivity index is 0.000000485. The summed E-state index contributed by atoms with van der Waals surface area (Å²) >= 11 is 0. The fraction of sp³-hybridized carbons (Fsp3) is 0.600. The molecular weight excluding hydrogens is 1230 g/mol. The molecule has 518 valence electrons. The molecule has 2 fully saturated rings. The SMILES string of the molecule is C[C@@H]1NC(=O)[C@@H](N)CNC(=O)[C@H](C2CCN=C(N)N2)NC(=O)/C(=C/NC(N)=O)NC(=O)[C@H](CNC(=O)CC(N)CCCN)NC1=O.NCCCC(N)CC(=O)NC[C@@H]1NC(=O)[C@H](CO)NC(=O)[C@@H](N)CNC(=O)[C@H](C2CCN=C(N)N2)NC(=O)/C(=C/NC(N)=O)NC1=O. The quantitative estimate of drug-likeness (QED) is 0.0534. The molecule has 4 rings (SSSR count). The molecule has 0 radical (unpaired) electrons. The Bertz CT molecular complexity index is 2840. The molecule has 4 aliphatic heterocycles. The summed E-state index contributed by atoms with van der Waals surface area (Å²) in [7, 11) is 0. The Morgan fingerprint density at radius 2 is 0.935 bits per heavy atom. The van der Waals surface area contributed by atoms with E-state index in [1.54, 1.807) is 0 Å². The summed E-state index contributed by atoms with van der Waals surface area (Å²) in [5.41, 5.74) is 55.2. The molecule has 0 aromatic rings. The number of aliphatic hydroxyl groups is 1. The number of urea groups is 2. The fourth-order valence-corrected chi connectivity index (χ4v) is 8.63. The van der Waals surface area contributed by atoms with Crippen LogP contribution in [0.15, 0.2) is 33.8 Å². The van der Waals surface area contributed by atoms with Crippen LogP contribution in [0.3, 0.4) is 0 Å². The highest BCUT2D eigenvalue weighted by Crippen LogP contribution is 2.10. The van der Waals surface area contributed by atoms with Crippen molar-refractivity contribution in [3.63, 3.8) is 0 Å². The maximum atomic E-state index is 13.5. The Kier molecular flexibility index (Phi) is 32.6. The van der Waals surface area contributed by atoms with Crippen LogP contribution < -0.4 is 142 Å². The zero-order valence-electron chi connectivity index (χ0n) is 50.9. The van der Waals surface area contributed by atoms with E-state index in [1.165, 1.54) is 6.92 Å². The third-order valence-corrected chi connectivity index (χ3v) is 13.7. The minimum Gasteiger partial charge on any atom is -0.394 e. The van der Waals surface area contributed by atoms with Crippen molar-refractivity contribution in [3.05, 3.63) is 23.8 Å². The van der Waals surface area contributed by atoms with Crippen molar-refractivity contribution in [1.29, 1.82) is 0 Å². The Labute approximate surface area is 531 Å². The summed E-state index contributed by atoms with van der Waals surface area (Å²) in [5.74, 6) is -10.7. The van der Waals surface area contributed by atoms with Crippen molar-refractivity contribution in [3.8, 4) is 0 Å². The number of carbonyl (C=O) groups excluding carboxylic acids is 14. The predicted octanol–water partition coefficient (Wildman–Crippen LogP) is -15.4. The average Bonchev–Trinajstić information content (AvgIpc) is 0.943. The molecule has 4 aliphatic rings. The third-order valence-electron chi connectivity index (χ3n) is 13.7. The highest BCUT2D eigenvalue weighted by molar-refractivity contribution is 6.04. The van der Waals surface area contributed by atoms with Gasteiger partial charge in [-0.2, -0.15) is 0 Å². The number of nitrogens with one attached hydrogen (secondary N) is 16. The van der Waals surface area contributed by atoms with Crippen LogP contribution in [0.2, 0.25) is 0 Å². The monoisotopic (exact) mass is 1320 g/mol. The van der Waals surface area contributed by atoms with Gasteiger partial charge in [0.15, 0.2) is 11.9 Å². The van der Waals surface area contributed by atoms with Gasteiger partial charge >= 0.3 is 12.1 Å². The molecule has 4 unspecified atom stereocenters. The van der Waals surface area contributed by atoms with Gasteiger partial charge in [0.25, 0.3) is 11.8 Å². The van der Waals surface area contributed by atoms with E-state index < -0.39 is 193 Å². The summed E-state index contributed by atoms with van der Waals surface area (Å²) < 4.78 is 0. The lowest BCUT2D eigenvalue weighted by Gasteiger charge is -2.31. The zero-order chi connectivity index (χ0) is 69.5. The average molecular weight is 1320 g/mol. The van der Waals surface area contributed by atoms with E-state index in [0.29, 0.717) is 38.8 Å². The molecule has 43 heteroatoms. The molecule has 4 heterocycles. The zero-order valence-corrected chi connectivity index (χ0v) is 50.9. The standard InChI is InChI=1S/C25H44N14O8.C25H44N14O7/c26-4-1-2-11(27)6-17(41)32-8-14-20(43)35-15(9-34-25(30)47)21(44)39-18(13-3-5-31-24(29)38-13)23(46)33-7-12(28)19(42)37-16(10-40)22(45)36-14;1-11-19(41)36-15(9-32-17(40)7-12(27)3-2-5-26)21(43)37-16(10-34-25(30)46)22(44)39-18(14-4-6-31-24(29)38-14)23(45)33-8-13(28)20(42)35-11/h9,11-14,16,18,40H,1-8,10,26-28H2,(H,32,41)(H,33,46)(H,35,43)(H,36,45)(H,37,42)(H,39,44)(H3,29,31,38)(H3,30,34,47);10-15,18H,2-9,26-28H2,1H3,(H,32,40)(H,33,45)(H,35,42)(H,36,41)(H,37,43)(H,39,44)(H3,29,31,38)(H3,30,34,46)/b15-9-;16-10-/t11?,12-,13?,14-,16-,18-;11-,12?,13-,14?,15-,18-/m00/s1. The first-order chi connectivity index (χ1) is 44.0. The molecule has 0 bridgehead atoms. The Morgan fingerprint density at radius 3 is 1.31 bits per heavy atom. The van der Waals surface area contributed by atoms with Crippen molar-refractivity contribution >= 4 is 94.9 Å². The molecule has 16 amide bonds. The lowest BCUT2D eigenvalue weighted by Crippen LogP contribution is -2.64. The fourth-order valence-electron chi connectivity index (χ4n) is 8.63. The molecular formula is C50H88N28O15. The third kappa shape index (κ3) is 27.5. The van der Waals surface area contributed by atoms with Crippen molar-refractivity contribution in [2.75, 3.05) is 59.0 Å².